The van der Waals surface area contributed by atoms with Crippen molar-refractivity contribution in [3.8, 4) is 11.1 Å². The Morgan fingerprint density at radius 2 is 1.36 bits per heavy atom. The van der Waals surface area contributed by atoms with Crippen molar-refractivity contribution in [1.29, 1.82) is 0 Å². The van der Waals surface area contributed by atoms with E-state index in [4.69, 9.17) is 0 Å². The van der Waals surface area contributed by atoms with E-state index >= 15 is 0 Å². The largest absolute Gasteiger partial charge is 0.0991 e. The molecule has 0 aliphatic carbocycles. The minimum Gasteiger partial charge on any atom is -0.0991 e. The van der Waals surface area contributed by atoms with Crippen LogP contribution in [0, 0.1) is 0 Å². The molecule has 0 aliphatic heterocycles. The molecule has 0 spiro atoms. The molecule has 0 atom stereocenters. The Hall–Kier alpha value is -4.68. The third-order valence-corrected chi connectivity index (χ3v) is 6.33. The molecule has 0 aliphatic rings. The zero-order valence-corrected chi connectivity index (χ0v) is 20.6. The van der Waals surface area contributed by atoms with Gasteiger partial charge in [0, 0.05) is 0 Å². The van der Waals surface area contributed by atoms with Crippen molar-refractivity contribution in [2.75, 3.05) is 0 Å². The van der Waals surface area contributed by atoms with Crippen LogP contribution < -0.4 is 0 Å². The lowest BCUT2D eigenvalue weighted by molar-refractivity contribution is 1.52. The average Bonchev–Trinajstić information content (AvgIpc) is 2.93. The minimum absolute atomic E-state index is 0.942. The van der Waals surface area contributed by atoms with Gasteiger partial charge >= 0.3 is 0 Å². The van der Waals surface area contributed by atoms with Gasteiger partial charge in [-0.25, -0.2) is 0 Å². The molecular weight excluding hydrogens is 432 g/mol. The first-order chi connectivity index (χ1) is 17.6. The molecule has 0 unspecified atom stereocenters. The Balaban J connectivity index is 2.02. The number of benzene rings is 4. The van der Waals surface area contributed by atoms with Crippen LogP contribution in [0.2, 0.25) is 0 Å². The van der Waals surface area contributed by atoms with Crippen molar-refractivity contribution in [1.82, 2.24) is 0 Å². The highest BCUT2D eigenvalue weighted by Gasteiger charge is 2.20. The molecule has 0 fully saturated rings. The second kappa shape index (κ2) is 11.2. The van der Waals surface area contributed by atoms with Gasteiger partial charge in [-0.2, -0.15) is 0 Å². The van der Waals surface area contributed by atoms with Crippen molar-refractivity contribution in [3.05, 3.63) is 163 Å². The van der Waals surface area contributed by atoms with Crippen LogP contribution in [0.4, 0.5) is 0 Å². The Morgan fingerprint density at radius 3 is 2.08 bits per heavy atom. The number of fused-ring (bicyclic) bond motifs is 1. The quantitative estimate of drug-likeness (QED) is 0.217. The summed E-state index contributed by atoms with van der Waals surface area (Å²) < 4.78 is 0. The number of hydrogen-bond acceptors (Lipinski definition) is 0. The predicted octanol–water partition coefficient (Wildman–Crippen LogP) is 10.3. The van der Waals surface area contributed by atoms with E-state index in [0.29, 0.717) is 0 Å². The van der Waals surface area contributed by atoms with Gasteiger partial charge in [-0.15, -0.1) is 0 Å². The summed E-state index contributed by atoms with van der Waals surface area (Å²) in [6, 6.07) is 25.3. The van der Waals surface area contributed by atoms with E-state index in [9.17, 15) is 0 Å². The van der Waals surface area contributed by atoms with Crippen molar-refractivity contribution >= 4 is 40.6 Å². The lowest BCUT2D eigenvalue weighted by Gasteiger charge is -2.22. The van der Waals surface area contributed by atoms with E-state index in [0.717, 1.165) is 60.9 Å². The molecule has 0 saturated carbocycles. The topological polar surface area (TPSA) is 0 Å². The van der Waals surface area contributed by atoms with E-state index in [-0.39, 0.29) is 0 Å². The van der Waals surface area contributed by atoms with E-state index in [1.54, 1.807) is 6.08 Å². The molecule has 0 radical (unpaired) electrons. The summed E-state index contributed by atoms with van der Waals surface area (Å²) in [6.45, 7) is 20.7. The second-order valence-electron chi connectivity index (χ2n) is 8.41. The normalized spacial score (nSPS) is 11.1. The fourth-order valence-electron chi connectivity index (χ4n) is 4.73. The molecule has 0 saturated heterocycles. The van der Waals surface area contributed by atoms with Crippen LogP contribution in [0.25, 0.3) is 51.8 Å². The van der Waals surface area contributed by atoms with Gasteiger partial charge in [-0.05, 0) is 66.9 Å². The maximum absolute atomic E-state index is 4.55. The van der Waals surface area contributed by atoms with Gasteiger partial charge < -0.3 is 0 Å². The fourth-order valence-corrected chi connectivity index (χ4v) is 4.73. The van der Waals surface area contributed by atoms with Gasteiger partial charge in [-0.3, -0.25) is 0 Å². The maximum atomic E-state index is 4.55. The fraction of sp³-hybridized carbons (Fsp3) is 0. The summed E-state index contributed by atoms with van der Waals surface area (Å²) in [4.78, 5) is 0. The second-order valence-corrected chi connectivity index (χ2v) is 8.41. The van der Waals surface area contributed by atoms with Crippen LogP contribution >= 0.6 is 0 Å². The van der Waals surface area contributed by atoms with Crippen LogP contribution in [0.5, 0.6) is 0 Å². The monoisotopic (exact) mass is 462 g/mol. The third kappa shape index (κ3) is 4.62. The lowest BCUT2D eigenvalue weighted by Crippen LogP contribution is -2.00. The first kappa shape index (κ1) is 24.4. The molecule has 0 bridgehead atoms. The Bertz CT molecular complexity index is 1550. The van der Waals surface area contributed by atoms with E-state index < -0.39 is 0 Å². The highest BCUT2D eigenvalue weighted by molar-refractivity contribution is 6.11. The first-order valence-electron chi connectivity index (χ1n) is 12.0. The summed E-state index contributed by atoms with van der Waals surface area (Å²) in [6.07, 6.45) is 15.5. The molecule has 0 N–H and O–H groups in total. The molecular formula is C36H30. The van der Waals surface area contributed by atoms with E-state index in [1.807, 2.05) is 48.6 Å². The zero-order valence-electron chi connectivity index (χ0n) is 20.6. The molecule has 36 heavy (non-hydrogen) atoms. The van der Waals surface area contributed by atoms with Gasteiger partial charge in [-0.1, -0.05) is 148 Å². The van der Waals surface area contributed by atoms with Crippen LogP contribution in [-0.2, 0) is 0 Å². The number of rotatable bonds is 9. The average molecular weight is 463 g/mol. The molecule has 4 aromatic rings. The standard InChI is InChI=1S/C36H30/c1-6-10-11-12-18-27-19-17-21-29(25-27)36-31(9-4)30(8-3)35(33-23-15-16-24-34(33)36)26(5)32-22-14-13-20-28(32)7-2/h6-25H,1-5H2/b11-10-,18-12+. The minimum atomic E-state index is 0.942. The highest BCUT2D eigenvalue weighted by Crippen LogP contribution is 2.43. The van der Waals surface area contributed by atoms with Crippen LogP contribution in [0.1, 0.15) is 33.4 Å². The van der Waals surface area contributed by atoms with Gasteiger partial charge in [0.05, 0.1) is 0 Å². The van der Waals surface area contributed by atoms with Gasteiger partial charge in [0.2, 0.25) is 0 Å². The summed E-state index contributed by atoms with van der Waals surface area (Å²) >= 11 is 0. The van der Waals surface area contributed by atoms with Gasteiger partial charge in [0.1, 0.15) is 0 Å². The Morgan fingerprint density at radius 1 is 0.639 bits per heavy atom. The summed E-state index contributed by atoms with van der Waals surface area (Å²) in [5.41, 5.74) is 9.58. The first-order valence-corrected chi connectivity index (χ1v) is 12.0. The molecule has 0 nitrogen and oxygen atoms in total. The summed E-state index contributed by atoms with van der Waals surface area (Å²) in [5, 5.41) is 2.28. The smallest absolute Gasteiger partial charge is 0.00263 e. The molecule has 0 heterocycles. The summed E-state index contributed by atoms with van der Waals surface area (Å²) in [5.74, 6) is 0. The summed E-state index contributed by atoms with van der Waals surface area (Å²) in [7, 11) is 0. The Labute approximate surface area is 215 Å². The van der Waals surface area contributed by atoms with Gasteiger partial charge in [0.15, 0.2) is 0 Å². The van der Waals surface area contributed by atoms with Crippen LogP contribution in [-0.4, -0.2) is 0 Å². The number of hydrogen-bond donors (Lipinski definition) is 0. The SMILES string of the molecule is C=C/C=C\C=C\c1cccc(-c2c(C=C)c(C=C)c(C(=C)c3ccccc3C=C)c3ccccc23)c1. The lowest BCUT2D eigenvalue weighted by atomic mass is 9.81. The molecule has 174 valence electrons. The highest BCUT2D eigenvalue weighted by atomic mass is 14.2. The molecule has 4 aromatic carbocycles. The van der Waals surface area contributed by atoms with Crippen molar-refractivity contribution in [2.45, 2.75) is 0 Å². The molecule has 0 aromatic heterocycles. The van der Waals surface area contributed by atoms with Crippen LogP contribution in [0.3, 0.4) is 0 Å². The predicted molar refractivity (Wildman–Crippen MR) is 163 cm³/mol. The third-order valence-electron chi connectivity index (χ3n) is 6.33. The van der Waals surface area contributed by atoms with Crippen molar-refractivity contribution < 1.29 is 0 Å². The van der Waals surface area contributed by atoms with Gasteiger partial charge in [0.25, 0.3) is 0 Å². The number of allylic oxidation sites excluding steroid dienone is 4. The van der Waals surface area contributed by atoms with Crippen LogP contribution in [0.15, 0.2) is 130 Å². The van der Waals surface area contributed by atoms with Crippen molar-refractivity contribution in [3.63, 3.8) is 0 Å². The molecule has 0 amide bonds. The molecule has 4 rings (SSSR count). The maximum Gasteiger partial charge on any atom is -0.00263 e. The van der Waals surface area contributed by atoms with E-state index in [2.05, 4.69) is 99.6 Å². The molecule has 0 heteroatoms. The Kier molecular flexibility index (Phi) is 7.58. The zero-order chi connectivity index (χ0) is 25.5. The van der Waals surface area contributed by atoms with Crippen molar-refractivity contribution in [2.24, 2.45) is 0 Å². The van der Waals surface area contributed by atoms with E-state index in [1.165, 1.54) is 0 Å².